The maximum atomic E-state index is 9.33. The number of nitrogens with zero attached hydrogens (tertiary/aromatic N) is 2. The molecule has 1 unspecified atom stereocenters. The molecule has 1 heterocycles. The van der Waals surface area contributed by atoms with E-state index in [2.05, 4.69) is 139 Å². The fourth-order valence-corrected chi connectivity index (χ4v) is 10.7. The molecule has 1 N–H and O–H groups in total. The predicted octanol–water partition coefficient (Wildman–Crippen LogP) is 6.20. The van der Waals surface area contributed by atoms with Crippen molar-refractivity contribution in [2.24, 2.45) is 11.1 Å². The van der Waals surface area contributed by atoms with Crippen molar-refractivity contribution < 1.29 is 9.63 Å². The number of benzene rings is 3. The average Bonchev–Trinajstić information content (AvgIpc) is 3.10. The Kier molecular flexibility index (Phi) is 7.79. The van der Waals surface area contributed by atoms with Crippen LogP contribution in [0.25, 0.3) is 0 Å². The lowest BCUT2D eigenvalue weighted by Crippen LogP contribution is -2.67. The van der Waals surface area contributed by atoms with Gasteiger partial charge in [0.05, 0.1) is 11.6 Å². The van der Waals surface area contributed by atoms with Crippen molar-refractivity contribution >= 4 is 46.5 Å². The molecule has 0 aromatic heterocycles. The molecule has 1 aliphatic rings. The van der Waals surface area contributed by atoms with Crippen molar-refractivity contribution in [2.75, 3.05) is 24.6 Å². The monoisotopic (exact) mass is 564 g/mol. The summed E-state index contributed by atoms with van der Waals surface area (Å²) in [5.41, 5.74) is 2.04. The zero-order valence-electron chi connectivity index (χ0n) is 21.9. The molecule has 2 atom stereocenters. The van der Waals surface area contributed by atoms with Crippen LogP contribution in [0, 0.1) is 5.92 Å². The summed E-state index contributed by atoms with van der Waals surface area (Å²) in [6.45, 7) is 13.6. The van der Waals surface area contributed by atoms with Crippen LogP contribution in [0.5, 0.6) is 0 Å². The molecule has 6 heteroatoms. The smallest absolute Gasteiger partial charge is 0.261 e. The van der Waals surface area contributed by atoms with Crippen molar-refractivity contribution in [2.45, 2.75) is 45.1 Å². The fourth-order valence-electron chi connectivity index (χ4n) is 5.67. The summed E-state index contributed by atoms with van der Waals surface area (Å²) >= 11 is 3.64. The third-order valence-corrected chi connectivity index (χ3v) is 12.8. The molecule has 1 aliphatic heterocycles. The van der Waals surface area contributed by atoms with Crippen LogP contribution < -0.4 is 15.3 Å². The Labute approximate surface area is 225 Å². The molecule has 0 fully saturated rings. The molecule has 0 radical (unpaired) electrons. The summed E-state index contributed by atoms with van der Waals surface area (Å²) in [4.78, 5) is 2.40. The second-order valence-electron chi connectivity index (χ2n) is 11.3. The van der Waals surface area contributed by atoms with E-state index in [-0.39, 0.29) is 10.5 Å². The van der Waals surface area contributed by atoms with E-state index in [0.717, 1.165) is 17.6 Å². The molecule has 0 amide bonds. The summed E-state index contributed by atoms with van der Waals surface area (Å²) in [5.74, 6) is 0.298. The first kappa shape index (κ1) is 26.6. The van der Waals surface area contributed by atoms with Gasteiger partial charge in [0, 0.05) is 29.9 Å². The lowest BCUT2D eigenvalue weighted by atomic mass is 9.86. The van der Waals surface area contributed by atoms with Gasteiger partial charge in [-0.25, -0.2) is 0 Å². The first-order chi connectivity index (χ1) is 17.1. The zero-order chi connectivity index (χ0) is 26.0. The molecule has 0 saturated carbocycles. The van der Waals surface area contributed by atoms with Gasteiger partial charge in [0.25, 0.3) is 8.32 Å². The molecule has 190 valence electrons. The standard InChI is InChI=1S/C30H37BrN2O2Si/c1-23(19-33-22-30(5,21-32-34)27-17-16-24(31)18-28(27)33)20-35-36(29(2,3)4,25-12-8-6-9-13-25)26-14-10-7-11-15-26/h6-18,21,23,34H,19-20,22H2,1-5H3/b32-21+/t23-,30?/m0/s1. The number of halogens is 1. The highest BCUT2D eigenvalue weighted by atomic mass is 79.9. The molecule has 4 rings (SSSR count). The lowest BCUT2D eigenvalue weighted by molar-refractivity contribution is 0.246. The number of hydrogen-bond donors (Lipinski definition) is 1. The van der Waals surface area contributed by atoms with Crippen molar-refractivity contribution in [3.8, 4) is 0 Å². The Hall–Kier alpha value is -2.41. The maximum Gasteiger partial charge on any atom is 0.261 e. The van der Waals surface area contributed by atoms with E-state index < -0.39 is 8.32 Å². The van der Waals surface area contributed by atoms with Crippen LogP contribution in [0.4, 0.5) is 5.69 Å². The molecule has 36 heavy (non-hydrogen) atoms. The second kappa shape index (κ2) is 10.5. The van der Waals surface area contributed by atoms with Gasteiger partial charge in [-0.1, -0.05) is 110 Å². The molecule has 3 aromatic carbocycles. The highest BCUT2D eigenvalue weighted by molar-refractivity contribution is 9.10. The summed E-state index contributed by atoms with van der Waals surface area (Å²) in [5, 5.41) is 15.3. The van der Waals surface area contributed by atoms with Crippen molar-refractivity contribution in [1.82, 2.24) is 0 Å². The minimum Gasteiger partial charge on any atom is -0.411 e. The normalized spacial score (nSPS) is 19.0. The molecule has 0 saturated heterocycles. The first-order valence-corrected chi connectivity index (χ1v) is 15.3. The highest BCUT2D eigenvalue weighted by Gasteiger charge is 2.50. The highest BCUT2D eigenvalue weighted by Crippen LogP contribution is 2.42. The van der Waals surface area contributed by atoms with Gasteiger partial charge >= 0.3 is 0 Å². The van der Waals surface area contributed by atoms with Gasteiger partial charge < -0.3 is 14.5 Å². The summed E-state index contributed by atoms with van der Waals surface area (Å²) in [7, 11) is -2.57. The van der Waals surface area contributed by atoms with Gasteiger partial charge in [-0.05, 0) is 45.9 Å². The van der Waals surface area contributed by atoms with Crippen LogP contribution in [0.1, 0.15) is 40.2 Å². The maximum absolute atomic E-state index is 9.33. The van der Waals surface area contributed by atoms with Crippen LogP contribution in [0.3, 0.4) is 0 Å². The van der Waals surface area contributed by atoms with Crippen LogP contribution in [0.15, 0.2) is 88.5 Å². The van der Waals surface area contributed by atoms with Crippen LogP contribution in [-0.2, 0) is 9.84 Å². The van der Waals surface area contributed by atoms with E-state index in [1.165, 1.54) is 21.6 Å². The quantitative estimate of drug-likeness (QED) is 0.153. The topological polar surface area (TPSA) is 45.1 Å². The van der Waals surface area contributed by atoms with Gasteiger partial charge in [0.2, 0.25) is 0 Å². The Morgan fingerprint density at radius 2 is 1.64 bits per heavy atom. The molecular weight excluding hydrogens is 528 g/mol. The van der Waals surface area contributed by atoms with E-state index in [4.69, 9.17) is 4.43 Å². The van der Waals surface area contributed by atoms with E-state index in [9.17, 15) is 5.21 Å². The predicted molar refractivity (Wildman–Crippen MR) is 157 cm³/mol. The third kappa shape index (κ3) is 5.04. The van der Waals surface area contributed by atoms with Crippen molar-refractivity contribution in [1.29, 1.82) is 0 Å². The molecule has 0 spiro atoms. The fraction of sp³-hybridized carbons (Fsp3) is 0.367. The van der Waals surface area contributed by atoms with E-state index >= 15 is 0 Å². The minimum absolute atomic E-state index is 0.0449. The summed E-state index contributed by atoms with van der Waals surface area (Å²) < 4.78 is 8.23. The lowest BCUT2D eigenvalue weighted by Gasteiger charge is -2.43. The molecule has 3 aromatic rings. The van der Waals surface area contributed by atoms with Crippen molar-refractivity contribution in [3.05, 3.63) is 88.9 Å². The second-order valence-corrected chi connectivity index (χ2v) is 16.5. The van der Waals surface area contributed by atoms with Crippen LogP contribution in [-0.4, -0.2) is 39.4 Å². The third-order valence-electron chi connectivity index (χ3n) is 7.31. The molecule has 0 bridgehead atoms. The number of anilines is 1. The van der Waals surface area contributed by atoms with Gasteiger partial charge in [-0.3, -0.25) is 0 Å². The Balaban J connectivity index is 1.62. The number of oxime groups is 1. The van der Waals surface area contributed by atoms with Gasteiger partial charge in [-0.15, -0.1) is 5.16 Å². The van der Waals surface area contributed by atoms with E-state index in [1.54, 1.807) is 6.21 Å². The Morgan fingerprint density at radius 3 is 2.17 bits per heavy atom. The SMILES string of the molecule is C[C@H](CO[Si](c1ccccc1)(c1ccccc1)C(C)(C)C)CN1CC(C)(/C=N/O)c2ccc(Br)cc21. The van der Waals surface area contributed by atoms with Crippen LogP contribution in [0.2, 0.25) is 5.04 Å². The molecular formula is C30H37BrN2O2Si. The Morgan fingerprint density at radius 1 is 1.06 bits per heavy atom. The van der Waals surface area contributed by atoms with Gasteiger partial charge in [0.15, 0.2) is 0 Å². The Bertz CT molecular complexity index is 1160. The van der Waals surface area contributed by atoms with E-state index in [1.807, 2.05) is 0 Å². The molecule has 0 aliphatic carbocycles. The summed E-state index contributed by atoms with van der Waals surface area (Å²) in [6, 6.07) is 28.0. The van der Waals surface area contributed by atoms with Gasteiger partial charge in [0.1, 0.15) is 0 Å². The zero-order valence-corrected chi connectivity index (χ0v) is 24.5. The first-order valence-electron chi connectivity index (χ1n) is 12.6. The largest absolute Gasteiger partial charge is 0.411 e. The van der Waals surface area contributed by atoms with Crippen LogP contribution >= 0.6 is 15.9 Å². The van der Waals surface area contributed by atoms with E-state index in [0.29, 0.717) is 12.5 Å². The number of rotatable bonds is 8. The minimum atomic E-state index is -2.57. The van der Waals surface area contributed by atoms with Gasteiger partial charge in [-0.2, -0.15) is 0 Å². The van der Waals surface area contributed by atoms with Crippen molar-refractivity contribution in [3.63, 3.8) is 0 Å². The average molecular weight is 566 g/mol. The number of hydrogen-bond acceptors (Lipinski definition) is 4. The number of fused-ring (bicyclic) bond motifs is 1. The summed E-state index contributed by atoms with van der Waals surface area (Å²) in [6.07, 6.45) is 1.66. The molecule has 4 nitrogen and oxygen atoms in total.